The standard InChI is InChI=1S/C19H15BrClFN2O2/c20-12-6-7-15(21)13(8-12)19(10-22)14-9-16(14)26-18(24-19)23-17(25)11-4-2-1-3-5-11/h1-8,14,16H,9-10H2,(H,23,24,25)/t14-,16+,19?/m0/s1. The minimum Gasteiger partial charge on any atom is -0.461 e. The van der Waals surface area contributed by atoms with Crippen molar-refractivity contribution in [3.05, 3.63) is 69.2 Å². The van der Waals surface area contributed by atoms with Gasteiger partial charge < -0.3 is 4.74 Å². The first-order chi connectivity index (χ1) is 12.5. The zero-order chi connectivity index (χ0) is 18.3. The average molecular weight is 438 g/mol. The second kappa shape index (κ2) is 6.67. The van der Waals surface area contributed by atoms with E-state index in [4.69, 9.17) is 16.3 Å². The van der Waals surface area contributed by atoms with Crippen LogP contribution in [-0.2, 0) is 10.3 Å². The van der Waals surface area contributed by atoms with Gasteiger partial charge in [0.2, 0.25) is 0 Å². The highest BCUT2D eigenvalue weighted by molar-refractivity contribution is 9.10. The molecule has 0 spiro atoms. The lowest BCUT2D eigenvalue weighted by Gasteiger charge is -2.32. The molecular formula is C19H15BrClFN2O2. The number of alkyl halides is 1. The number of carbonyl (C=O) groups excluding carboxylic acids is 1. The number of rotatable bonds is 3. The van der Waals surface area contributed by atoms with E-state index >= 15 is 0 Å². The summed E-state index contributed by atoms with van der Waals surface area (Å²) < 4.78 is 20.8. The average Bonchev–Trinajstić information content (AvgIpc) is 3.44. The lowest BCUT2D eigenvalue weighted by molar-refractivity contribution is 0.0951. The minimum absolute atomic E-state index is 0.0336. The summed E-state index contributed by atoms with van der Waals surface area (Å²) in [5.41, 5.74) is -0.0790. The second-order valence-electron chi connectivity index (χ2n) is 6.42. The molecule has 7 heteroatoms. The number of ether oxygens (including phenoxy) is 1. The van der Waals surface area contributed by atoms with Crippen molar-refractivity contribution in [2.75, 3.05) is 6.67 Å². The smallest absolute Gasteiger partial charge is 0.292 e. The first kappa shape index (κ1) is 17.5. The Morgan fingerprint density at radius 1 is 1.35 bits per heavy atom. The Morgan fingerprint density at radius 2 is 2.12 bits per heavy atom. The van der Waals surface area contributed by atoms with E-state index in [1.54, 1.807) is 42.5 Å². The largest absolute Gasteiger partial charge is 0.461 e. The van der Waals surface area contributed by atoms with Crippen LogP contribution in [0.4, 0.5) is 4.39 Å². The molecule has 1 aliphatic carbocycles. The molecule has 1 aliphatic heterocycles. The number of aliphatic imine (C=N–C) groups is 1. The van der Waals surface area contributed by atoms with Crippen molar-refractivity contribution < 1.29 is 13.9 Å². The fourth-order valence-electron chi connectivity index (χ4n) is 3.34. The third-order valence-electron chi connectivity index (χ3n) is 4.76. The van der Waals surface area contributed by atoms with Crippen molar-refractivity contribution in [1.82, 2.24) is 5.32 Å². The molecule has 1 amide bonds. The Balaban J connectivity index is 1.70. The van der Waals surface area contributed by atoms with Gasteiger partial charge in [-0.05, 0) is 36.8 Å². The van der Waals surface area contributed by atoms with Gasteiger partial charge in [0, 0.05) is 26.5 Å². The Bertz CT molecular complexity index is 892. The molecule has 1 fully saturated rings. The van der Waals surface area contributed by atoms with Crippen molar-refractivity contribution in [3.63, 3.8) is 0 Å². The third-order valence-corrected chi connectivity index (χ3v) is 5.59. The van der Waals surface area contributed by atoms with Crippen LogP contribution in [0.2, 0.25) is 5.02 Å². The highest BCUT2D eigenvalue weighted by Crippen LogP contribution is 2.54. The molecule has 0 aromatic heterocycles. The lowest BCUT2D eigenvalue weighted by atomic mass is 9.86. The summed E-state index contributed by atoms with van der Waals surface area (Å²) >= 11 is 9.75. The minimum atomic E-state index is -1.15. The van der Waals surface area contributed by atoms with E-state index < -0.39 is 12.2 Å². The number of nitrogens with zero attached hydrogens (tertiary/aromatic N) is 1. The molecule has 1 heterocycles. The van der Waals surface area contributed by atoms with Gasteiger partial charge in [0.15, 0.2) is 0 Å². The Kier molecular flexibility index (Phi) is 4.49. The summed E-state index contributed by atoms with van der Waals surface area (Å²) in [6.07, 6.45) is 0.491. The van der Waals surface area contributed by atoms with Crippen molar-refractivity contribution >= 4 is 39.5 Å². The SMILES string of the molecule is O=C(NC1=NC(CF)(c2cc(Br)ccc2Cl)[C@H]2C[C@H]2O1)c1ccccc1. The van der Waals surface area contributed by atoms with Crippen LogP contribution in [0.3, 0.4) is 0 Å². The molecule has 134 valence electrons. The fourth-order valence-corrected chi connectivity index (χ4v) is 3.99. The number of hydrogen-bond donors (Lipinski definition) is 1. The number of carbonyl (C=O) groups is 1. The summed E-state index contributed by atoms with van der Waals surface area (Å²) in [4.78, 5) is 16.9. The van der Waals surface area contributed by atoms with E-state index in [1.807, 2.05) is 6.07 Å². The molecule has 2 aliphatic rings. The summed E-state index contributed by atoms with van der Waals surface area (Å²) in [7, 11) is 0. The number of halogens is 3. The highest BCUT2D eigenvalue weighted by atomic mass is 79.9. The van der Waals surface area contributed by atoms with Gasteiger partial charge in [-0.15, -0.1) is 0 Å². The van der Waals surface area contributed by atoms with Crippen LogP contribution in [0.25, 0.3) is 0 Å². The first-order valence-corrected chi connectivity index (χ1v) is 9.35. The molecule has 4 nitrogen and oxygen atoms in total. The molecule has 0 radical (unpaired) electrons. The van der Waals surface area contributed by atoms with Crippen molar-refractivity contribution in [1.29, 1.82) is 0 Å². The molecule has 2 aromatic rings. The maximum absolute atomic E-state index is 14.3. The topological polar surface area (TPSA) is 50.7 Å². The predicted octanol–water partition coefficient (Wildman–Crippen LogP) is 4.47. The maximum Gasteiger partial charge on any atom is 0.292 e. The quantitative estimate of drug-likeness (QED) is 0.770. The molecule has 1 N–H and O–H groups in total. The predicted molar refractivity (Wildman–Crippen MR) is 101 cm³/mol. The molecule has 2 aromatic carbocycles. The number of amides is 1. The highest BCUT2D eigenvalue weighted by Gasteiger charge is 2.60. The Labute approximate surface area is 163 Å². The van der Waals surface area contributed by atoms with Crippen LogP contribution in [0.5, 0.6) is 0 Å². The Hall–Kier alpha value is -1.92. The summed E-state index contributed by atoms with van der Waals surface area (Å²) in [5, 5.41) is 3.09. The number of nitrogens with one attached hydrogen (secondary N) is 1. The van der Waals surface area contributed by atoms with Crippen LogP contribution < -0.4 is 5.32 Å². The monoisotopic (exact) mass is 436 g/mol. The van der Waals surface area contributed by atoms with Crippen molar-refractivity contribution in [3.8, 4) is 0 Å². The molecule has 1 unspecified atom stereocenters. The molecule has 4 rings (SSSR count). The number of benzene rings is 2. The molecule has 0 bridgehead atoms. The van der Waals surface area contributed by atoms with Crippen LogP contribution in [0, 0.1) is 5.92 Å². The van der Waals surface area contributed by atoms with Gasteiger partial charge in [-0.1, -0.05) is 45.7 Å². The third kappa shape index (κ3) is 3.01. The Morgan fingerprint density at radius 3 is 2.85 bits per heavy atom. The summed E-state index contributed by atoms with van der Waals surface area (Å²) in [6, 6.07) is 14.0. The lowest BCUT2D eigenvalue weighted by Crippen LogP contribution is -2.43. The van der Waals surface area contributed by atoms with E-state index in [1.165, 1.54) is 0 Å². The molecular weight excluding hydrogens is 423 g/mol. The van der Waals surface area contributed by atoms with Gasteiger partial charge in [-0.2, -0.15) is 0 Å². The zero-order valence-corrected chi connectivity index (χ0v) is 15.9. The van der Waals surface area contributed by atoms with Gasteiger partial charge >= 0.3 is 0 Å². The number of amidine groups is 1. The van der Waals surface area contributed by atoms with Crippen molar-refractivity contribution in [2.45, 2.75) is 18.1 Å². The van der Waals surface area contributed by atoms with Crippen LogP contribution in [0.15, 0.2) is 58.0 Å². The van der Waals surface area contributed by atoms with E-state index in [-0.39, 0.29) is 24.0 Å². The van der Waals surface area contributed by atoms with E-state index in [9.17, 15) is 9.18 Å². The van der Waals surface area contributed by atoms with Gasteiger partial charge in [-0.25, -0.2) is 9.38 Å². The van der Waals surface area contributed by atoms with Gasteiger partial charge in [0.05, 0.1) is 0 Å². The molecule has 26 heavy (non-hydrogen) atoms. The van der Waals surface area contributed by atoms with Gasteiger partial charge in [0.1, 0.15) is 18.3 Å². The van der Waals surface area contributed by atoms with E-state index in [2.05, 4.69) is 26.2 Å². The normalized spacial score (nSPS) is 26.3. The maximum atomic E-state index is 14.3. The van der Waals surface area contributed by atoms with Crippen LogP contribution >= 0.6 is 27.5 Å². The second-order valence-corrected chi connectivity index (χ2v) is 7.74. The fraction of sp³-hybridized carbons (Fsp3) is 0.263. The number of fused-ring (bicyclic) bond motifs is 1. The summed E-state index contributed by atoms with van der Waals surface area (Å²) in [5.74, 6) is -0.451. The van der Waals surface area contributed by atoms with Crippen LogP contribution in [0.1, 0.15) is 22.3 Å². The summed E-state index contributed by atoms with van der Waals surface area (Å²) in [6.45, 7) is -0.724. The van der Waals surface area contributed by atoms with E-state index in [0.717, 1.165) is 4.47 Å². The molecule has 3 atom stereocenters. The zero-order valence-electron chi connectivity index (χ0n) is 13.6. The van der Waals surface area contributed by atoms with Gasteiger partial charge in [-0.3, -0.25) is 10.1 Å². The van der Waals surface area contributed by atoms with Crippen molar-refractivity contribution in [2.24, 2.45) is 10.9 Å². The van der Waals surface area contributed by atoms with E-state index in [0.29, 0.717) is 22.6 Å². The van der Waals surface area contributed by atoms with Gasteiger partial charge in [0.25, 0.3) is 11.9 Å². The first-order valence-electron chi connectivity index (χ1n) is 8.18. The molecule has 1 saturated carbocycles. The number of hydrogen-bond acceptors (Lipinski definition) is 3. The van der Waals surface area contributed by atoms with Crippen LogP contribution in [-0.4, -0.2) is 24.7 Å². The molecule has 0 saturated heterocycles.